The molecule has 0 saturated heterocycles. The van der Waals surface area contributed by atoms with E-state index >= 15 is 0 Å². The first-order chi connectivity index (χ1) is 66.3. The summed E-state index contributed by atoms with van der Waals surface area (Å²) in [5, 5.41) is 50.6. The van der Waals surface area contributed by atoms with E-state index in [9.17, 15) is 77.3 Å². The van der Waals surface area contributed by atoms with Gasteiger partial charge in [0, 0.05) is 76.4 Å². The summed E-state index contributed by atoms with van der Waals surface area (Å²) in [4.78, 5) is 188. The molecule has 780 valence electrons. The zero-order chi connectivity index (χ0) is 105. The second-order valence-electron chi connectivity index (χ2n) is 43.5. The van der Waals surface area contributed by atoms with Gasteiger partial charge >= 0.3 is 47.9 Å². The highest BCUT2D eigenvalue weighted by atomic mass is 127. The molecule has 15 N–H and O–H groups in total. The number of hydrogen-bond donors (Lipinski definition) is 13. The van der Waals surface area contributed by atoms with E-state index in [4.69, 9.17) is 30.4 Å². The number of unbranched alkanes of at least 4 members (excludes halogenated alkanes) is 2. The summed E-state index contributed by atoms with van der Waals surface area (Å²) in [6, 6.07) is 35.2. The summed E-state index contributed by atoms with van der Waals surface area (Å²) in [6.07, 6.45) is 7.25. The number of nitrogens with two attached hydrogens (primary N) is 2. The lowest BCUT2D eigenvalue weighted by Gasteiger charge is -2.54. The van der Waals surface area contributed by atoms with Crippen molar-refractivity contribution in [2.75, 3.05) is 26.2 Å². The van der Waals surface area contributed by atoms with Crippen LogP contribution in [-0.4, -0.2) is 200 Å². The largest absolute Gasteiger partial charge is 0.481 e. The number of carbonyl (C=O) groups is 14. The molecule has 10 amide bonds. The van der Waals surface area contributed by atoms with E-state index in [0.717, 1.165) is 81.5 Å². The number of fused-ring (bicyclic) bond motifs is 2. The van der Waals surface area contributed by atoms with Crippen LogP contribution in [0.4, 0.5) is 9.59 Å². The second kappa shape index (κ2) is 54.4. The summed E-state index contributed by atoms with van der Waals surface area (Å²) >= 11 is 4.47. The molecule has 8 rings (SSSR count). The first-order valence-electron chi connectivity index (χ1n) is 49.5. The molecule has 32 nitrogen and oxygen atoms in total. The Morgan fingerprint density at radius 3 is 1.08 bits per heavy atom. The van der Waals surface area contributed by atoms with Crippen LogP contribution in [0.3, 0.4) is 0 Å². The molecule has 2 saturated carbocycles. The van der Waals surface area contributed by atoms with Gasteiger partial charge in [0.15, 0.2) is 0 Å². The Hall–Kier alpha value is -10.6. The zero-order valence-electron chi connectivity index (χ0n) is 86.0. The van der Waals surface area contributed by atoms with Crippen molar-refractivity contribution in [1.82, 2.24) is 52.8 Å². The lowest BCUT2D eigenvalue weighted by Crippen LogP contribution is -2.71. The topological polar surface area (TPSA) is 480 Å². The molecule has 0 unspecified atom stereocenters. The Morgan fingerprint density at radius 1 is 0.387 bits per heavy atom. The van der Waals surface area contributed by atoms with Crippen LogP contribution in [0.1, 0.15) is 262 Å². The van der Waals surface area contributed by atoms with Gasteiger partial charge in [-0.2, -0.15) is 0 Å². The van der Waals surface area contributed by atoms with Crippen molar-refractivity contribution in [2.45, 2.75) is 342 Å². The van der Waals surface area contributed by atoms with Crippen molar-refractivity contribution >= 4 is 150 Å². The minimum Gasteiger partial charge on any atom is -0.481 e. The van der Waals surface area contributed by atoms with E-state index in [1.807, 2.05) is 133 Å². The average molecular weight is 2190 g/mol. The van der Waals surface area contributed by atoms with Crippen LogP contribution in [-0.2, 0) is 102 Å². The third kappa shape index (κ3) is 40.5. The Balaban J connectivity index is 0.000000386. The van der Waals surface area contributed by atoms with Gasteiger partial charge in [-0.05, 0) is 350 Å². The van der Waals surface area contributed by atoms with Crippen molar-refractivity contribution in [2.24, 2.45) is 40.6 Å². The molecular formula is C108H154I2N12O20. The number of carbonyl (C=O) groups excluding carboxylic acids is 12. The predicted octanol–water partition coefficient (Wildman–Crippen LogP) is 14.6. The van der Waals surface area contributed by atoms with Gasteiger partial charge in [-0.1, -0.05) is 130 Å². The number of nitrogens with zero attached hydrogens (tertiary/aromatic N) is 1. The molecule has 2 aliphatic carbocycles. The Bertz CT molecular complexity index is 5250. The fourth-order valence-corrected chi connectivity index (χ4v) is 18.3. The van der Waals surface area contributed by atoms with Gasteiger partial charge < -0.3 is 93.4 Å². The number of ether oxygens (including phenoxy) is 4. The maximum Gasteiger partial charge on any atom is 0.330 e. The molecule has 0 aromatic heterocycles. The Labute approximate surface area is 864 Å². The van der Waals surface area contributed by atoms with E-state index in [1.165, 1.54) is 0 Å². The summed E-state index contributed by atoms with van der Waals surface area (Å²) in [5.74, 6) is -7.09. The number of carboxylic acids is 2. The average Bonchev–Trinajstić information content (AvgIpc) is 0.733. The fourth-order valence-electron chi connectivity index (χ4n) is 17.5. The van der Waals surface area contributed by atoms with E-state index in [0.29, 0.717) is 77.3 Å². The number of benzene rings is 6. The molecule has 0 heterocycles. The van der Waals surface area contributed by atoms with E-state index < -0.39 is 142 Å². The van der Waals surface area contributed by atoms with Crippen LogP contribution in [0.15, 0.2) is 133 Å². The molecule has 142 heavy (non-hydrogen) atoms. The SMILES string of the molecule is CC(C)(C)OC(=O)CC[C@H](NC(=O)N[C@@H](CCCCNC(=O)[C@H](Cc1ccc2ccccc2c1)NC(=O)C1CCC(CNC(=O)[C@@H](N)Cc2ccc(I)cc2)CC1)C(=O)OC(C)(C)C)C(=O)OC(C)(C)C.CC(C)(C)OC(=O)[C@H](CCCCNC(=O)[C@H](Cc1ccc2ccccc2c1)NC(=O)C1CCC(CNC(=O)[C@@H](N)Cc2ccc(I)cc2)CC1)NC(=O)N(C(C)(C)C)[C@@](CCC(=O)O)(C(=O)O)C(C)(C)C. The van der Waals surface area contributed by atoms with E-state index in [2.05, 4.69) is 93.0 Å². The number of esters is 4. The number of carboxylic acid groups (broad SMARTS) is 2. The van der Waals surface area contributed by atoms with Crippen LogP contribution in [0.25, 0.3) is 21.5 Å². The van der Waals surface area contributed by atoms with E-state index in [-0.39, 0.29) is 111 Å². The highest BCUT2D eigenvalue weighted by Gasteiger charge is 2.59. The highest BCUT2D eigenvalue weighted by Crippen LogP contribution is 2.44. The molecule has 0 spiro atoms. The maximum absolute atomic E-state index is 14.4. The van der Waals surface area contributed by atoms with Crippen molar-refractivity contribution in [3.63, 3.8) is 0 Å². The maximum atomic E-state index is 14.4. The molecular weight excluding hydrogens is 2040 g/mol. The summed E-state index contributed by atoms with van der Waals surface area (Å²) in [6.45, 7) is 31.6. The van der Waals surface area contributed by atoms with Crippen molar-refractivity contribution in [3.05, 3.63) is 163 Å². The number of amides is 10. The molecule has 6 aromatic rings. The van der Waals surface area contributed by atoms with Gasteiger partial charge in [0.25, 0.3) is 0 Å². The predicted molar refractivity (Wildman–Crippen MR) is 564 cm³/mol. The third-order valence-corrected chi connectivity index (χ3v) is 26.2. The molecule has 0 aliphatic heterocycles. The lowest BCUT2D eigenvalue weighted by molar-refractivity contribution is -0.165. The fraction of sp³-hybridized carbons (Fsp3) is 0.574. The normalized spacial score (nSPS) is 17.1. The minimum atomic E-state index is -1.99. The first kappa shape index (κ1) is 118. The van der Waals surface area contributed by atoms with Gasteiger partial charge in [-0.25, -0.2) is 28.8 Å². The standard InChI is InChI=1S/2C54H77IN6O10/c1-51(2,3)54(49(68)69,28-27-44(62)63)61(52(4,5)6)50(70)60-42(48(67)71-53(7,8)9)16-12-13-29-57-47(66)43(32-36-19-22-37-14-10-11-15-39(37)30-36)59-45(64)38-23-17-35(18-24-38)33-58-46(65)41(56)31-34-20-25-40(55)26-21-34;1-52(2,3)69-45(62)28-27-43(50(67)71-54(7,8)9)61-51(68)60-42(49(66)70-53(4,5)6)16-12-13-29-57-48(65)44(32-36-19-22-37-14-10-11-15-39(37)30-36)59-46(63)38-23-17-35(18-24-38)33-58-47(64)41(56)31-34-20-25-40(55)26-21-34/h10-11,14-15,19-22,25-26,30,35,38,41-43H,12-13,16-18,23-24,27-29,31-33,56H2,1-9H3,(H,57,66)(H,58,65)(H,59,64)(H,60,70)(H,62,63)(H,68,69);10-11,14-15,19-22,25-26,30,35,38,41-44H,12-13,16-18,23-24,27-29,31-33,56H2,1-9H3,(H,57,65)(H,58,64)(H,59,63)(H2,60,61,68)/t35?,38?,41-,42-,43-,54-;35?,38?,41-,42-,43-,44-/m00/s1. The number of aliphatic carboxylic acids is 2. The first-order valence-corrected chi connectivity index (χ1v) is 51.7. The van der Waals surface area contributed by atoms with Gasteiger partial charge in [-0.15, -0.1) is 0 Å². The second-order valence-corrected chi connectivity index (χ2v) is 46.0. The Kier molecular flexibility index (Phi) is 45.3. The monoisotopic (exact) mass is 2190 g/mol. The van der Waals surface area contributed by atoms with E-state index in [1.54, 1.807) is 125 Å². The number of hydrogen-bond acceptors (Lipinski definition) is 20. The van der Waals surface area contributed by atoms with Gasteiger partial charge in [0.05, 0.1) is 12.1 Å². The zero-order valence-corrected chi connectivity index (χ0v) is 90.4. The van der Waals surface area contributed by atoms with Gasteiger partial charge in [-0.3, -0.25) is 38.4 Å². The van der Waals surface area contributed by atoms with Crippen molar-refractivity contribution in [1.29, 1.82) is 0 Å². The summed E-state index contributed by atoms with van der Waals surface area (Å²) in [7, 11) is 0. The summed E-state index contributed by atoms with van der Waals surface area (Å²) < 4.78 is 24.5. The van der Waals surface area contributed by atoms with Crippen LogP contribution >= 0.6 is 45.2 Å². The van der Waals surface area contributed by atoms with Gasteiger partial charge in [0.1, 0.15) is 58.2 Å². The smallest absolute Gasteiger partial charge is 0.330 e. The van der Waals surface area contributed by atoms with Crippen LogP contribution in [0.2, 0.25) is 0 Å². The molecule has 8 atom stereocenters. The number of urea groups is 2. The van der Waals surface area contributed by atoms with Crippen molar-refractivity contribution < 1.29 is 96.3 Å². The molecule has 0 bridgehead atoms. The van der Waals surface area contributed by atoms with Gasteiger partial charge in [0.2, 0.25) is 35.4 Å². The number of halogens is 2. The summed E-state index contributed by atoms with van der Waals surface area (Å²) in [5.41, 5.74) is 8.48. The molecule has 6 aromatic carbocycles. The number of rotatable bonds is 44. The van der Waals surface area contributed by atoms with Crippen molar-refractivity contribution in [3.8, 4) is 0 Å². The quantitative estimate of drug-likeness (QED) is 0.00731. The number of nitrogens with one attached hydrogen (secondary N) is 9. The van der Waals surface area contributed by atoms with Crippen LogP contribution < -0.4 is 59.3 Å². The molecule has 2 fully saturated rings. The highest BCUT2D eigenvalue weighted by molar-refractivity contribution is 14.1. The Morgan fingerprint density at radius 2 is 0.739 bits per heavy atom. The van der Waals surface area contributed by atoms with Crippen LogP contribution in [0, 0.1) is 36.2 Å². The molecule has 2 aliphatic rings. The molecule has 34 heteroatoms. The van der Waals surface area contributed by atoms with Crippen LogP contribution in [0.5, 0.6) is 0 Å². The third-order valence-electron chi connectivity index (χ3n) is 24.8. The lowest BCUT2D eigenvalue weighted by atomic mass is 9.68. The molecule has 0 radical (unpaired) electrons. The minimum absolute atomic E-state index is 0.0723.